The van der Waals surface area contributed by atoms with Crippen molar-refractivity contribution in [2.24, 2.45) is 5.92 Å². The van der Waals surface area contributed by atoms with E-state index < -0.39 is 11.9 Å². The Kier molecular flexibility index (Phi) is 11.3. The first kappa shape index (κ1) is 15.1. The molecule has 0 aliphatic rings. The average Bonchev–Trinajstić information content (AvgIpc) is 2.03. The molecule has 0 spiro atoms. The van der Waals surface area contributed by atoms with Crippen LogP contribution in [0.5, 0.6) is 0 Å². The highest BCUT2D eigenvalue weighted by Crippen LogP contribution is 1.94. The molecule has 0 saturated carbocycles. The molecule has 0 saturated heterocycles. The largest absolute Gasteiger partial charge is 0.481 e. The first-order valence-electron chi connectivity index (χ1n) is 3.62. The first-order valence-corrected chi connectivity index (χ1v) is 4.88. The quantitative estimate of drug-likeness (QED) is 0.540. The molecule has 6 heteroatoms. The lowest BCUT2D eigenvalue weighted by atomic mass is 10.2. The molecule has 0 aromatic rings. The summed E-state index contributed by atoms with van der Waals surface area (Å²) in [5.74, 6) is -1.05. The van der Waals surface area contributed by atoms with Gasteiger partial charge in [-0.05, 0) is 0 Å². The predicted octanol–water partition coefficient (Wildman–Crippen LogP) is 1.03. The standard InChI is InChI=1S/C4H8O2S.C3H6O2S/c1-3(2-7)4(5)6;4-3(5)1-2-6/h3,7H,2H2,1H3,(H,5,6);6H,1-2H2,(H,4,5). The number of carbonyl (C=O) groups is 2. The molecular formula is C7H14O4S2. The second-order valence-electron chi connectivity index (χ2n) is 2.29. The number of thiol groups is 2. The smallest absolute Gasteiger partial charge is 0.307 e. The van der Waals surface area contributed by atoms with E-state index in [-0.39, 0.29) is 12.3 Å². The maximum absolute atomic E-state index is 9.88. The minimum absolute atomic E-state index is 0.156. The second kappa shape index (κ2) is 9.73. The lowest BCUT2D eigenvalue weighted by Crippen LogP contribution is -2.09. The van der Waals surface area contributed by atoms with Gasteiger partial charge in [-0.25, -0.2) is 0 Å². The lowest BCUT2D eigenvalue weighted by molar-refractivity contribution is -0.140. The number of aliphatic carboxylic acids is 2. The van der Waals surface area contributed by atoms with Gasteiger partial charge in [0.1, 0.15) is 0 Å². The topological polar surface area (TPSA) is 74.6 Å². The molecule has 0 aromatic heterocycles. The Bertz CT molecular complexity index is 161. The summed E-state index contributed by atoms with van der Waals surface area (Å²) in [6.45, 7) is 1.62. The maximum atomic E-state index is 9.88. The highest BCUT2D eigenvalue weighted by atomic mass is 32.1. The fourth-order valence-corrected chi connectivity index (χ4v) is 0.521. The van der Waals surface area contributed by atoms with Gasteiger partial charge in [-0.1, -0.05) is 6.92 Å². The summed E-state index contributed by atoms with van der Waals surface area (Å²) in [6, 6.07) is 0. The van der Waals surface area contributed by atoms with Gasteiger partial charge in [-0.2, -0.15) is 25.3 Å². The van der Waals surface area contributed by atoms with Crippen molar-refractivity contribution >= 4 is 37.2 Å². The van der Waals surface area contributed by atoms with Crippen molar-refractivity contribution < 1.29 is 19.8 Å². The molecule has 2 N–H and O–H groups in total. The van der Waals surface area contributed by atoms with Crippen LogP contribution >= 0.6 is 25.3 Å². The van der Waals surface area contributed by atoms with Crippen LogP contribution in [0.1, 0.15) is 13.3 Å². The molecule has 1 atom stereocenters. The summed E-state index contributed by atoms with van der Waals surface area (Å²) in [6.07, 6.45) is 0.156. The Morgan fingerprint density at radius 3 is 1.77 bits per heavy atom. The molecular weight excluding hydrogens is 212 g/mol. The van der Waals surface area contributed by atoms with Gasteiger partial charge in [0.25, 0.3) is 0 Å². The summed E-state index contributed by atoms with van der Waals surface area (Å²) in [7, 11) is 0. The highest BCUT2D eigenvalue weighted by Gasteiger charge is 2.05. The normalized spacial score (nSPS) is 11.0. The summed E-state index contributed by atoms with van der Waals surface area (Å²) in [5.41, 5.74) is 0. The molecule has 0 amide bonds. The molecule has 0 heterocycles. The molecule has 1 unspecified atom stereocenters. The Labute approximate surface area is 88.2 Å². The molecule has 0 aliphatic carbocycles. The maximum Gasteiger partial charge on any atom is 0.307 e. The molecule has 0 radical (unpaired) electrons. The number of hydrogen-bond donors (Lipinski definition) is 4. The third-order valence-corrected chi connectivity index (χ3v) is 1.79. The van der Waals surface area contributed by atoms with Gasteiger partial charge in [0.05, 0.1) is 12.3 Å². The molecule has 4 nitrogen and oxygen atoms in total. The van der Waals surface area contributed by atoms with Crippen molar-refractivity contribution in [1.29, 1.82) is 0 Å². The summed E-state index contributed by atoms with van der Waals surface area (Å²) >= 11 is 7.45. The van der Waals surface area contributed by atoms with Crippen molar-refractivity contribution in [1.82, 2.24) is 0 Å². The third kappa shape index (κ3) is 14.5. The van der Waals surface area contributed by atoms with Crippen molar-refractivity contribution in [3.05, 3.63) is 0 Å². The number of hydrogen-bond acceptors (Lipinski definition) is 4. The summed E-state index contributed by atoms with van der Waals surface area (Å²) in [5, 5.41) is 16.0. The van der Waals surface area contributed by atoms with E-state index in [0.717, 1.165) is 0 Å². The summed E-state index contributed by atoms with van der Waals surface area (Å²) < 4.78 is 0. The zero-order valence-electron chi connectivity index (χ0n) is 7.30. The minimum Gasteiger partial charge on any atom is -0.481 e. The van der Waals surface area contributed by atoms with E-state index in [0.29, 0.717) is 11.5 Å². The van der Waals surface area contributed by atoms with Gasteiger partial charge in [-0.3, -0.25) is 9.59 Å². The minimum atomic E-state index is -0.787. The van der Waals surface area contributed by atoms with Crippen LogP contribution in [0, 0.1) is 5.92 Å². The van der Waals surface area contributed by atoms with E-state index >= 15 is 0 Å². The van der Waals surface area contributed by atoms with Crippen LogP contribution in [-0.4, -0.2) is 33.7 Å². The fourth-order valence-electron chi connectivity index (χ4n) is 0.174. The van der Waals surface area contributed by atoms with Crippen LogP contribution < -0.4 is 0 Å². The van der Waals surface area contributed by atoms with Gasteiger partial charge in [0.2, 0.25) is 0 Å². The van der Waals surface area contributed by atoms with Crippen LogP contribution in [0.4, 0.5) is 0 Å². The molecule has 0 bridgehead atoms. The van der Waals surface area contributed by atoms with Gasteiger partial charge < -0.3 is 10.2 Å². The Morgan fingerprint density at radius 2 is 1.77 bits per heavy atom. The Hall–Kier alpha value is -0.360. The van der Waals surface area contributed by atoms with Crippen LogP contribution in [0.2, 0.25) is 0 Å². The molecule has 0 aliphatic heterocycles. The zero-order valence-corrected chi connectivity index (χ0v) is 9.09. The van der Waals surface area contributed by atoms with E-state index in [2.05, 4.69) is 25.3 Å². The first-order chi connectivity index (χ1) is 5.95. The van der Waals surface area contributed by atoms with Gasteiger partial charge >= 0.3 is 11.9 Å². The number of carboxylic acids is 2. The fraction of sp³-hybridized carbons (Fsp3) is 0.714. The van der Waals surface area contributed by atoms with E-state index in [1.165, 1.54) is 0 Å². The van der Waals surface area contributed by atoms with E-state index in [1.54, 1.807) is 6.92 Å². The van der Waals surface area contributed by atoms with Crippen LogP contribution in [0.15, 0.2) is 0 Å². The molecule has 0 fully saturated rings. The van der Waals surface area contributed by atoms with Crippen molar-refractivity contribution in [2.45, 2.75) is 13.3 Å². The van der Waals surface area contributed by atoms with Gasteiger partial charge in [0, 0.05) is 11.5 Å². The van der Waals surface area contributed by atoms with Crippen molar-refractivity contribution in [3.63, 3.8) is 0 Å². The SMILES string of the molecule is CC(CS)C(=O)O.O=C(O)CCS. The van der Waals surface area contributed by atoms with Gasteiger partial charge in [0.15, 0.2) is 0 Å². The Morgan fingerprint density at radius 1 is 1.31 bits per heavy atom. The van der Waals surface area contributed by atoms with Gasteiger partial charge in [-0.15, -0.1) is 0 Å². The lowest BCUT2D eigenvalue weighted by Gasteiger charge is -1.95. The van der Waals surface area contributed by atoms with Crippen molar-refractivity contribution in [2.75, 3.05) is 11.5 Å². The van der Waals surface area contributed by atoms with E-state index in [4.69, 9.17) is 10.2 Å². The summed E-state index contributed by atoms with van der Waals surface area (Å²) in [4.78, 5) is 19.4. The zero-order chi connectivity index (χ0) is 10.9. The Balaban J connectivity index is 0. The number of rotatable bonds is 4. The molecule has 13 heavy (non-hydrogen) atoms. The number of carboxylic acid groups (broad SMARTS) is 2. The van der Waals surface area contributed by atoms with E-state index in [9.17, 15) is 9.59 Å². The second-order valence-corrected chi connectivity index (χ2v) is 3.10. The van der Waals surface area contributed by atoms with Crippen LogP contribution in [0.3, 0.4) is 0 Å². The van der Waals surface area contributed by atoms with E-state index in [1.807, 2.05) is 0 Å². The van der Waals surface area contributed by atoms with Crippen molar-refractivity contribution in [3.8, 4) is 0 Å². The predicted molar refractivity (Wildman–Crippen MR) is 56.8 cm³/mol. The monoisotopic (exact) mass is 226 g/mol. The van der Waals surface area contributed by atoms with Crippen LogP contribution in [0.25, 0.3) is 0 Å². The average molecular weight is 226 g/mol. The van der Waals surface area contributed by atoms with Crippen LogP contribution in [-0.2, 0) is 9.59 Å². The highest BCUT2D eigenvalue weighted by molar-refractivity contribution is 7.80. The molecule has 0 aromatic carbocycles. The third-order valence-electron chi connectivity index (χ3n) is 1.02. The molecule has 0 rings (SSSR count). The molecule has 78 valence electrons.